The van der Waals surface area contributed by atoms with E-state index >= 15 is 0 Å². The van der Waals surface area contributed by atoms with Gasteiger partial charge in [-0.1, -0.05) is 12.1 Å². The Morgan fingerprint density at radius 1 is 1.29 bits per heavy atom. The van der Waals surface area contributed by atoms with Crippen LogP contribution >= 0.6 is 0 Å². The van der Waals surface area contributed by atoms with Gasteiger partial charge in [-0.25, -0.2) is 13.1 Å². The van der Waals surface area contributed by atoms with Crippen molar-refractivity contribution in [3.63, 3.8) is 0 Å². The van der Waals surface area contributed by atoms with Crippen molar-refractivity contribution in [2.45, 2.75) is 19.1 Å². The SMILES string of the molecule is C[C@H](NS(C)(=O)=O)c1cccc(C(F)(F)F)c1. The van der Waals surface area contributed by atoms with Crippen LogP contribution in [0, 0.1) is 0 Å². The van der Waals surface area contributed by atoms with Crippen LogP contribution in [0.25, 0.3) is 0 Å². The van der Waals surface area contributed by atoms with Crippen molar-refractivity contribution in [2.24, 2.45) is 0 Å². The molecule has 0 saturated heterocycles. The van der Waals surface area contributed by atoms with E-state index in [0.29, 0.717) is 0 Å². The van der Waals surface area contributed by atoms with Crippen LogP contribution in [-0.2, 0) is 16.2 Å². The maximum absolute atomic E-state index is 12.4. The van der Waals surface area contributed by atoms with Gasteiger partial charge in [0.2, 0.25) is 10.0 Å². The van der Waals surface area contributed by atoms with Gasteiger partial charge in [-0.2, -0.15) is 13.2 Å². The minimum absolute atomic E-state index is 0.269. The van der Waals surface area contributed by atoms with Crippen molar-refractivity contribution in [1.82, 2.24) is 4.72 Å². The van der Waals surface area contributed by atoms with Crippen molar-refractivity contribution in [3.8, 4) is 0 Å². The van der Waals surface area contributed by atoms with E-state index in [0.717, 1.165) is 18.4 Å². The number of rotatable bonds is 3. The summed E-state index contributed by atoms with van der Waals surface area (Å²) in [6.45, 7) is 1.48. The van der Waals surface area contributed by atoms with E-state index in [9.17, 15) is 21.6 Å². The van der Waals surface area contributed by atoms with Crippen LogP contribution in [0.1, 0.15) is 24.1 Å². The molecule has 17 heavy (non-hydrogen) atoms. The van der Waals surface area contributed by atoms with Gasteiger partial charge in [-0.3, -0.25) is 0 Å². The maximum Gasteiger partial charge on any atom is 0.416 e. The van der Waals surface area contributed by atoms with Crippen molar-refractivity contribution < 1.29 is 21.6 Å². The van der Waals surface area contributed by atoms with Gasteiger partial charge in [0.05, 0.1) is 11.8 Å². The number of sulfonamides is 1. The van der Waals surface area contributed by atoms with Crippen LogP contribution in [0.3, 0.4) is 0 Å². The molecule has 0 fully saturated rings. The Balaban J connectivity index is 3.00. The lowest BCUT2D eigenvalue weighted by atomic mass is 10.1. The Hall–Kier alpha value is -1.08. The number of benzene rings is 1. The molecule has 0 aliphatic carbocycles. The monoisotopic (exact) mass is 267 g/mol. The van der Waals surface area contributed by atoms with Crippen molar-refractivity contribution in [1.29, 1.82) is 0 Å². The molecule has 0 amide bonds. The summed E-state index contributed by atoms with van der Waals surface area (Å²) in [5.41, 5.74) is -0.526. The molecule has 0 aliphatic rings. The standard InChI is InChI=1S/C10H12F3NO2S/c1-7(14-17(2,15)16)8-4-3-5-9(6-8)10(11,12)13/h3-7,14H,1-2H3/t7-/m0/s1. The largest absolute Gasteiger partial charge is 0.416 e. The Morgan fingerprint density at radius 2 is 1.88 bits per heavy atom. The third-order valence-corrected chi connectivity index (χ3v) is 2.89. The molecular formula is C10H12F3NO2S. The highest BCUT2D eigenvalue weighted by Crippen LogP contribution is 2.30. The van der Waals surface area contributed by atoms with Crippen molar-refractivity contribution >= 4 is 10.0 Å². The summed E-state index contributed by atoms with van der Waals surface area (Å²) < 4.78 is 61.4. The molecule has 0 saturated carbocycles. The zero-order valence-electron chi connectivity index (χ0n) is 9.25. The first-order chi connectivity index (χ1) is 7.59. The molecule has 1 atom stereocenters. The van der Waals surface area contributed by atoms with E-state index in [4.69, 9.17) is 0 Å². The molecule has 3 nitrogen and oxygen atoms in total. The molecule has 0 spiro atoms. The molecule has 0 radical (unpaired) electrons. The number of halogens is 3. The first-order valence-electron chi connectivity index (χ1n) is 4.74. The van der Waals surface area contributed by atoms with Gasteiger partial charge in [-0.05, 0) is 24.6 Å². The lowest BCUT2D eigenvalue weighted by molar-refractivity contribution is -0.137. The molecule has 0 aliphatic heterocycles. The minimum Gasteiger partial charge on any atom is -0.213 e. The van der Waals surface area contributed by atoms with Crippen LogP contribution in [-0.4, -0.2) is 14.7 Å². The third-order valence-electron chi connectivity index (χ3n) is 2.10. The smallest absolute Gasteiger partial charge is 0.213 e. The quantitative estimate of drug-likeness (QED) is 0.913. The molecule has 1 N–H and O–H groups in total. The lowest BCUT2D eigenvalue weighted by Crippen LogP contribution is -2.25. The molecule has 1 aromatic rings. The molecule has 0 heterocycles. The predicted octanol–water partition coefficient (Wildman–Crippen LogP) is 2.32. The van der Waals surface area contributed by atoms with E-state index in [-0.39, 0.29) is 5.56 Å². The second kappa shape index (κ2) is 4.66. The Kier molecular flexibility index (Phi) is 3.83. The summed E-state index contributed by atoms with van der Waals surface area (Å²) in [5, 5.41) is 0. The molecule has 0 unspecified atom stereocenters. The van der Waals surface area contributed by atoms with Crippen LogP contribution in [0.15, 0.2) is 24.3 Å². The normalized spacial score (nSPS) is 14.6. The van der Waals surface area contributed by atoms with Gasteiger partial charge in [0, 0.05) is 6.04 Å². The van der Waals surface area contributed by atoms with Crippen LogP contribution in [0.5, 0.6) is 0 Å². The highest BCUT2D eigenvalue weighted by Gasteiger charge is 2.30. The van der Waals surface area contributed by atoms with Gasteiger partial charge in [0.1, 0.15) is 0 Å². The van der Waals surface area contributed by atoms with Crippen molar-refractivity contribution in [2.75, 3.05) is 6.26 Å². The second-order valence-corrected chi connectivity index (χ2v) is 5.51. The molecular weight excluding hydrogens is 255 g/mol. The van der Waals surface area contributed by atoms with E-state index in [2.05, 4.69) is 4.72 Å². The fourth-order valence-corrected chi connectivity index (χ4v) is 2.15. The number of hydrogen-bond acceptors (Lipinski definition) is 2. The lowest BCUT2D eigenvalue weighted by Gasteiger charge is -2.14. The van der Waals surface area contributed by atoms with Gasteiger partial charge in [0.25, 0.3) is 0 Å². The number of hydrogen-bond donors (Lipinski definition) is 1. The molecule has 0 aromatic heterocycles. The molecule has 0 bridgehead atoms. The van der Waals surface area contributed by atoms with E-state index in [1.165, 1.54) is 19.1 Å². The summed E-state index contributed by atoms with van der Waals surface area (Å²) in [6.07, 6.45) is -3.47. The fourth-order valence-electron chi connectivity index (χ4n) is 1.37. The number of nitrogens with one attached hydrogen (secondary N) is 1. The summed E-state index contributed by atoms with van der Waals surface area (Å²) in [7, 11) is -3.45. The second-order valence-electron chi connectivity index (χ2n) is 3.73. The maximum atomic E-state index is 12.4. The van der Waals surface area contributed by atoms with Gasteiger partial charge < -0.3 is 0 Å². The predicted molar refractivity (Wildman–Crippen MR) is 57.8 cm³/mol. The summed E-state index contributed by atoms with van der Waals surface area (Å²) in [6, 6.07) is 3.86. The molecule has 7 heteroatoms. The molecule has 1 rings (SSSR count). The zero-order chi connectivity index (χ0) is 13.3. The van der Waals surface area contributed by atoms with Crippen LogP contribution in [0.2, 0.25) is 0 Å². The Bertz CT molecular complexity index is 497. The van der Waals surface area contributed by atoms with Gasteiger partial charge in [-0.15, -0.1) is 0 Å². The average molecular weight is 267 g/mol. The molecule has 96 valence electrons. The first-order valence-corrected chi connectivity index (χ1v) is 6.63. The molecule has 1 aromatic carbocycles. The summed E-state index contributed by atoms with van der Waals surface area (Å²) >= 11 is 0. The summed E-state index contributed by atoms with van der Waals surface area (Å²) in [5.74, 6) is 0. The zero-order valence-corrected chi connectivity index (χ0v) is 10.1. The minimum atomic E-state index is -4.43. The van der Waals surface area contributed by atoms with Crippen molar-refractivity contribution in [3.05, 3.63) is 35.4 Å². The Labute approximate surface area is 97.7 Å². The van der Waals surface area contributed by atoms with Crippen LogP contribution in [0.4, 0.5) is 13.2 Å². The summed E-state index contributed by atoms with van der Waals surface area (Å²) in [4.78, 5) is 0. The van der Waals surface area contributed by atoms with Gasteiger partial charge >= 0.3 is 6.18 Å². The first kappa shape index (κ1) is 14.0. The third kappa shape index (κ3) is 4.35. The van der Waals surface area contributed by atoms with E-state index in [1.807, 2.05) is 0 Å². The topological polar surface area (TPSA) is 46.2 Å². The highest BCUT2D eigenvalue weighted by atomic mass is 32.2. The Morgan fingerprint density at radius 3 is 2.35 bits per heavy atom. The van der Waals surface area contributed by atoms with Gasteiger partial charge in [0.15, 0.2) is 0 Å². The van der Waals surface area contributed by atoms with Crippen LogP contribution < -0.4 is 4.72 Å². The highest BCUT2D eigenvalue weighted by molar-refractivity contribution is 7.88. The average Bonchev–Trinajstić information content (AvgIpc) is 2.14. The van der Waals surface area contributed by atoms with E-state index < -0.39 is 27.8 Å². The fraction of sp³-hybridized carbons (Fsp3) is 0.400. The van der Waals surface area contributed by atoms with E-state index in [1.54, 1.807) is 0 Å². The number of alkyl halides is 3.